The number of fused-ring (bicyclic) bond motifs is 1. The lowest BCUT2D eigenvalue weighted by molar-refractivity contribution is -0.119. The summed E-state index contributed by atoms with van der Waals surface area (Å²) < 4.78 is 5.45. The predicted molar refractivity (Wildman–Crippen MR) is 114 cm³/mol. The second-order valence-corrected chi connectivity index (χ2v) is 7.92. The number of carbonyl (C=O) groups excluding carboxylic acids is 1. The van der Waals surface area contributed by atoms with Crippen LogP contribution in [-0.4, -0.2) is 40.2 Å². The number of phenolic OH excluding ortho intramolecular Hbond substituents is 1. The Bertz CT molecular complexity index is 1110. The molecule has 0 aliphatic carbocycles. The highest BCUT2D eigenvalue weighted by Gasteiger charge is 2.41. The second-order valence-electron chi connectivity index (χ2n) is 7.92. The maximum absolute atomic E-state index is 13.2. The van der Waals surface area contributed by atoms with E-state index in [1.807, 2.05) is 11.0 Å². The summed E-state index contributed by atoms with van der Waals surface area (Å²) in [6.07, 6.45) is 3.13. The number of piperidine rings is 1. The third-order valence-electron chi connectivity index (χ3n) is 5.97. The number of anilines is 2. The number of phenols is 1. The van der Waals surface area contributed by atoms with Crippen molar-refractivity contribution in [3.8, 4) is 17.6 Å². The number of ether oxygens (including phenoxy) is 1. The molecule has 0 saturated carbocycles. The Balaban J connectivity index is 1.84. The van der Waals surface area contributed by atoms with Gasteiger partial charge >= 0.3 is 0 Å². The summed E-state index contributed by atoms with van der Waals surface area (Å²) in [6, 6.07) is 6.84. The molecule has 0 spiro atoms. The van der Waals surface area contributed by atoms with E-state index >= 15 is 0 Å². The largest absolute Gasteiger partial charge is 0.504 e. The van der Waals surface area contributed by atoms with Gasteiger partial charge in [-0.1, -0.05) is 6.07 Å². The van der Waals surface area contributed by atoms with Crippen LogP contribution in [0.2, 0.25) is 0 Å². The van der Waals surface area contributed by atoms with Crippen molar-refractivity contribution < 1.29 is 14.6 Å². The number of aromatic amines is 1. The number of hydrogen-bond acceptors (Lipinski definition) is 7. The lowest BCUT2D eigenvalue weighted by Gasteiger charge is -2.35. The first-order valence-corrected chi connectivity index (χ1v) is 10.5. The molecule has 2 aliphatic heterocycles. The summed E-state index contributed by atoms with van der Waals surface area (Å²) in [4.78, 5) is 35.4. The Hall–Kier alpha value is -3.54. The molecule has 2 aromatic rings. The van der Waals surface area contributed by atoms with Crippen molar-refractivity contribution in [1.82, 2.24) is 9.97 Å². The average Bonchev–Trinajstić information content (AvgIpc) is 2.74. The number of aromatic hydroxyl groups is 1. The third kappa shape index (κ3) is 3.69. The van der Waals surface area contributed by atoms with Crippen LogP contribution in [0.15, 0.2) is 23.0 Å². The van der Waals surface area contributed by atoms with E-state index in [1.165, 1.54) is 6.07 Å². The topological polar surface area (TPSA) is 131 Å². The van der Waals surface area contributed by atoms with Crippen molar-refractivity contribution in [2.45, 2.75) is 45.1 Å². The van der Waals surface area contributed by atoms with Gasteiger partial charge in [-0.05, 0) is 50.8 Å². The molecular formula is C22H25N5O4. The number of carbonyl (C=O) groups is 1. The van der Waals surface area contributed by atoms with Crippen LogP contribution in [0, 0.1) is 17.2 Å². The molecule has 3 N–H and O–H groups in total. The zero-order valence-electron chi connectivity index (χ0n) is 17.5. The molecule has 0 bridgehead atoms. The molecule has 1 amide bonds. The minimum Gasteiger partial charge on any atom is -0.504 e. The van der Waals surface area contributed by atoms with Gasteiger partial charge < -0.3 is 20.1 Å². The van der Waals surface area contributed by atoms with E-state index in [0.717, 1.165) is 25.8 Å². The zero-order chi connectivity index (χ0) is 22.1. The number of amides is 1. The molecule has 162 valence electrons. The Morgan fingerprint density at radius 2 is 2.16 bits per heavy atom. The molecule has 3 unspecified atom stereocenters. The first-order chi connectivity index (χ1) is 14.9. The van der Waals surface area contributed by atoms with E-state index in [-0.39, 0.29) is 28.9 Å². The molecule has 3 atom stereocenters. The van der Waals surface area contributed by atoms with Crippen LogP contribution in [0.5, 0.6) is 11.5 Å². The second kappa shape index (κ2) is 8.30. The van der Waals surface area contributed by atoms with Crippen LogP contribution >= 0.6 is 0 Å². The van der Waals surface area contributed by atoms with Gasteiger partial charge in [0.15, 0.2) is 11.5 Å². The van der Waals surface area contributed by atoms with Crippen molar-refractivity contribution in [2.75, 3.05) is 23.4 Å². The third-order valence-corrected chi connectivity index (χ3v) is 5.97. The van der Waals surface area contributed by atoms with Crippen LogP contribution in [0.25, 0.3) is 0 Å². The lowest BCUT2D eigenvalue weighted by Crippen LogP contribution is -2.42. The monoisotopic (exact) mass is 423 g/mol. The standard InChI is InChI=1S/C22H25N5O4/c1-3-31-16-10-13(7-8-15(16)28)17-14(11-23)20(29)24-19-18(17)21(30)26-22(25-19)27-9-5-4-6-12(27)2/h7-8,10,12,14,17,28H,3-6,9H2,1-2H3,(H2,24,25,26,29,30). The predicted octanol–water partition coefficient (Wildman–Crippen LogP) is 2.48. The van der Waals surface area contributed by atoms with E-state index < -0.39 is 23.3 Å². The first-order valence-electron chi connectivity index (χ1n) is 10.5. The zero-order valence-corrected chi connectivity index (χ0v) is 17.5. The smallest absolute Gasteiger partial charge is 0.258 e. The minimum atomic E-state index is -1.12. The van der Waals surface area contributed by atoms with Crippen molar-refractivity contribution in [1.29, 1.82) is 5.26 Å². The van der Waals surface area contributed by atoms with Crippen molar-refractivity contribution in [2.24, 2.45) is 5.92 Å². The van der Waals surface area contributed by atoms with Gasteiger partial charge in [-0.2, -0.15) is 10.2 Å². The molecule has 9 heteroatoms. The number of rotatable bonds is 4. The molecule has 4 rings (SSSR count). The van der Waals surface area contributed by atoms with Gasteiger partial charge in [0, 0.05) is 18.5 Å². The maximum Gasteiger partial charge on any atom is 0.258 e. The summed E-state index contributed by atoms with van der Waals surface area (Å²) in [5.41, 5.74) is 0.358. The Labute approximate surface area is 179 Å². The van der Waals surface area contributed by atoms with E-state index in [1.54, 1.807) is 19.1 Å². The van der Waals surface area contributed by atoms with Crippen LogP contribution in [0.1, 0.15) is 50.2 Å². The molecule has 1 saturated heterocycles. The van der Waals surface area contributed by atoms with E-state index in [4.69, 9.17) is 4.74 Å². The summed E-state index contributed by atoms with van der Waals surface area (Å²) in [5.74, 6) is -1.70. The fourth-order valence-corrected chi connectivity index (χ4v) is 4.40. The highest BCUT2D eigenvalue weighted by Crippen LogP contribution is 2.41. The summed E-state index contributed by atoms with van der Waals surface area (Å²) in [7, 11) is 0. The maximum atomic E-state index is 13.2. The van der Waals surface area contributed by atoms with E-state index in [2.05, 4.69) is 22.2 Å². The molecule has 1 fully saturated rings. The number of nitrogens with one attached hydrogen (secondary N) is 2. The van der Waals surface area contributed by atoms with Gasteiger partial charge in [0.05, 0.1) is 18.2 Å². The van der Waals surface area contributed by atoms with Gasteiger partial charge in [-0.25, -0.2) is 0 Å². The fourth-order valence-electron chi connectivity index (χ4n) is 4.40. The highest BCUT2D eigenvalue weighted by molar-refractivity contribution is 5.98. The fraction of sp³-hybridized carbons (Fsp3) is 0.455. The molecule has 0 radical (unpaired) electrons. The highest BCUT2D eigenvalue weighted by atomic mass is 16.5. The normalized spacial score (nSPS) is 22.9. The number of benzene rings is 1. The van der Waals surface area contributed by atoms with Crippen LogP contribution in [0.3, 0.4) is 0 Å². The van der Waals surface area contributed by atoms with Crippen molar-refractivity contribution >= 4 is 17.7 Å². The summed E-state index contributed by atoms with van der Waals surface area (Å²) in [6.45, 7) is 4.97. The average molecular weight is 423 g/mol. The number of aromatic nitrogens is 2. The quantitative estimate of drug-likeness (QED) is 0.688. The molecule has 1 aromatic heterocycles. The van der Waals surface area contributed by atoms with Crippen molar-refractivity contribution in [3.05, 3.63) is 39.7 Å². The Morgan fingerprint density at radius 3 is 2.87 bits per heavy atom. The Morgan fingerprint density at radius 1 is 1.35 bits per heavy atom. The summed E-state index contributed by atoms with van der Waals surface area (Å²) in [5, 5.41) is 22.4. The van der Waals surface area contributed by atoms with Crippen molar-refractivity contribution in [3.63, 3.8) is 0 Å². The molecule has 1 aromatic carbocycles. The van der Waals surface area contributed by atoms with E-state index in [9.17, 15) is 20.0 Å². The number of nitriles is 1. The molecule has 31 heavy (non-hydrogen) atoms. The molecular weight excluding hydrogens is 398 g/mol. The van der Waals surface area contributed by atoms with Gasteiger partial charge in [-0.15, -0.1) is 0 Å². The van der Waals surface area contributed by atoms with Crippen LogP contribution in [0.4, 0.5) is 11.8 Å². The minimum absolute atomic E-state index is 0.0546. The first kappa shape index (κ1) is 20.7. The molecule has 3 heterocycles. The van der Waals surface area contributed by atoms with E-state index in [0.29, 0.717) is 18.1 Å². The molecule has 9 nitrogen and oxygen atoms in total. The van der Waals surface area contributed by atoms with Crippen LogP contribution in [-0.2, 0) is 4.79 Å². The number of nitrogens with zero attached hydrogens (tertiary/aromatic N) is 3. The number of hydrogen-bond donors (Lipinski definition) is 3. The Kier molecular flexibility index (Phi) is 5.55. The van der Waals surface area contributed by atoms with Gasteiger partial charge in [-0.3, -0.25) is 14.6 Å². The number of H-pyrrole nitrogens is 1. The SMILES string of the molecule is CCOc1cc(C2c3c(nc(N4CCCCC4C)[nH]c3=O)NC(=O)C2C#N)ccc1O. The molecule has 2 aliphatic rings. The summed E-state index contributed by atoms with van der Waals surface area (Å²) >= 11 is 0. The van der Waals surface area contributed by atoms with Gasteiger partial charge in [0.2, 0.25) is 11.9 Å². The van der Waals surface area contributed by atoms with Crippen LogP contribution < -0.4 is 20.5 Å². The van der Waals surface area contributed by atoms with Gasteiger partial charge in [0.1, 0.15) is 11.7 Å². The van der Waals surface area contributed by atoms with Gasteiger partial charge in [0.25, 0.3) is 5.56 Å². The lowest BCUT2D eigenvalue weighted by atomic mass is 9.79.